The van der Waals surface area contributed by atoms with Crippen LogP contribution in [0.15, 0.2) is 60.7 Å². The van der Waals surface area contributed by atoms with Crippen molar-refractivity contribution >= 4 is 41.1 Å². The molecule has 17 heteroatoms. The van der Waals surface area contributed by atoms with Crippen molar-refractivity contribution in [2.75, 3.05) is 73.6 Å². The monoisotopic (exact) mass is 962 g/mol. The smallest absolute Gasteiger partial charge is 0.243 e. The number of aliphatic hydroxyl groups excluding tert-OH is 1. The average molecular weight is 962 g/mol. The van der Waals surface area contributed by atoms with E-state index in [2.05, 4.69) is 26.6 Å². The number of carbonyl (C=O) groups is 7. The maximum atomic E-state index is 14.0. The van der Waals surface area contributed by atoms with E-state index >= 15 is 0 Å². The van der Waals surface area contributed by atoms with E-state index in [1.54, 1.807) is 26.4 Å². The molecule has 68 heavy (non-hydrogen) atoms. The van der Waals surface area contributed by atoms with E-state index < -0.39 is 35.8 Å². The highest BCUT2D eigenvalue weighted by Crippen LogP contribution is 2.12. The van der Waals surface area contributed by atoms with E-state index in [1.807, 2.05) is 48.5 Å². The highest BCUT2D eigenvalue weighted by atomic mass is 16.5. The van der Waals surface area contributed by atoms with E-state index in [-0.39, 0.29) is 117 Å². The van der Waals surface area contributed by atoms with Crippen LogP contribution in [0.2, 0.25) is 0 Å². The van der Waals surface area contributed by atoms with Gasteiger partial charge >= 0.3 is 0 Å². The normalized spacial score (nSPS) is 11.6. The third-order valence-corrected chi connectivity index (χ3v) is 10.0. The van der Waals surface area contributed by atoms with Crippen LogP contribution in [0.3, 0.4) is 0 Å². The van der Waals surface area contributed by atoms with Gasteiger partial charge < -0.3 is 50.6 Å². The summed E-state index contributed by atoms with van der Waals surface area (Å²) < 4.78 is 20.7. The van der Waals surface area contributed by atoms with E-state index in [9.17, 15) is 33.6 Å². The summed E-state index contributed by atoms with van der Waals surface area (Å²) >= 11 is 0. The van der Waals surface area contributed by atoms with Gasteiger partial charge in [-0.25, -0.2) is 0 Å². The van der Waals surface area contributed by atoms with Crippen LogP contribution in [0.4, 0.5) is 0 Å². The SMILES string of the molecule is C.C.C.C.COCCOCCCNC(=O)CCC(=O)C(Cc1ccccc1)NC(=O)CCC(NC(=O)CCCCCO)C(=O)NC(Cc1ccccc1)C(=O)CCC(=O)NCCCOCCOC. The van der Waals surface area contributed by atoms with E-state index in [4.69, 9.17) is 24.1 Å². The van der Waals surface area contributed by atoms with Crippen LogP contribution in [0.1, 0.15) is 118 Å². The number of ether oxygens (including phenoxy) is 4. The first-order valence-corrected chi connectivity index (χ1v) is 22.4. The lowest BCUT2D eigenvalue weighted by Gasteiger charge is -2.24. The van der Waals surface area contributed by atoms with Gasteiger partial charge in [0.15, 0.2) is 11.6 Å². The minimum absolute atomic E-state index is 0. The second kappa shape index (κ2) is 43.2. The molecule has 0 bridgehead atoms. The van der Waals surface area contributed by atoms with Crippen LogP contribution >= 0.6 is 0 Å². The van der Waals surface area contributed by atoms with Gasteiger partial charge in [0.05, 0.1) is 38.5 Å². The molecule has 0 heterocycles. The largest absolute Gasteiger partial charge is 0.396 e. The maximum Gasteiger partial charge on any atom is 0.243 e. The third-order valence-electron chi connectivity index (χ3n) is 10.0. The molecule has 2 rings (SSSR count). The van der Waals surface area contributed by atoms with Crippen molar-refractivity contribution in [3.63, 3.8) is 0 Å². The Morgan fingerprint density at radius 1 is 0.471 bits per heavy atom. The zero-order valence-electron chi connectivity index (χ0n) is 37.7. The van der Waals surface area contributed by atoms with Crippen LogP contribution in [0.5, 0.6) is 0 Å². The van der Waals surface area contributed by atoms with Crippen molar-refractivity contribution in [1.82, 2.24) is 26.6 Å². The number of hydrogen-bond donors (Lipinski definition) is 6. The first-order valence-electron chi connectivity index (χ1n) is 22.4. The number of rotatable bonds is 38. The van der Waals surface area contributed by atoms with E-state index in [0.717, 1.165) is 11.1 Å². The van der Waals surface area contributed by atoms with Crippen molar-refractivity contribution in [1.29, 1.82) is 0 Å². The number of aliphatic hydroxyl groups is 1. The summed E-state index contributed by atoms with van der Waals surface area (Å²) in [5.74, 6) is -3.04. The molecule has 0 saturated heterocycles. The molecule has 17 nitrogen and oxygen atoms in total. The molecule has 5 amide bonds. The predicted molar refractivity (Wildman–Crippen MR) is 267 cm³/mol. The number of carbonyl (C=O) groups excluding carboxylic acids is 7. The average Bonchev–Trinajstić information content (AvgIpc) is 3.29. The fourth-order valence-corrected chi connectivity index (χ4v) is 6.41. The zero-order chi connectivity index (χ0) is 46.6. The highest BCUT2D eigenvalue weighted by molar-refractivity contribution is 5.95. The summed E-state index contributed by atoms with van der Waals surface area (Å²) in [4.78, 5) is 93.0. The molecule has 6 N–H and O–H groups in total. The second-order valence-electron chi connectivity index (χ2n) is 15.3. The van der Waals surface area contributed by atoms with Crippen LogP contribution < -0.4 is 26.6 Å². The number of benzene rings is 2. The molecule has 3 unspecified atom stereocenters. The Kier molecular flexibility index (Phi) is 42.7. The van der Waals surface area contributed by atoms with Gasteiger partial charge in [-0.15, -0.1) is 0 Å². The van der Waals surface area contributed by atoms with Gasteiger partial charge in [-0.05, 0) is 56.1 Å². The van der Waals surface area contributed by atoms with Gasteiger partial charge in [0.25, 0.3) is 0 Å². The van der Waals surface area contributed by atoms with Gasteiger partial charge in [0.1, 0.15) is 6.04 Å². The summed E-state index contributed by atoms with van der Waals surface area (Å²) in [6, 6.07) is 14.9. The lowest BCUT2D eigenvalue weighted by Crippen LogP contribution is -2.52. The predicted octanol–water partition coefficient (Wildman–Crippen LogP) is 4.84. The summed E-state index contributed by atoms with van der Waals surface area (Å²) in [7, 11) is 3.16. The second-order valence-corrected chi connectivity index (χ2v) is 15.3. The van der Waals surface area contributed by atoms with Gasteiger partial charge in [0, 0.05) is 85.7 Å². The summed E-state index contributed by atoms with van der Waals surface area (Å²) in [6.45, 7) is 3.47. The van der Waals surface area contributed by atoms with Gasteiger partial charge in [-0.2, -0.15) is 0 Å². The number of methoxy groups -OCH3 is 2. The minimum Gasteiger partial charge on any atom is -0.396 e. The minimum atomic E-state index is -1.23. The molecule has 0 aliphatic carbocycles. The van der Waals surface area contributed by atoms with Crippen molar-refractivity contribution in [3.8, 4) is 0 Å². The van der Waals surface area contributed by atoms with Crippen LogP contribution in [-0.4, -0.2) is 138 Å². The first kappa shape index (κ1) is 67.2. The van der Waals surface area contributed by atoms with E-state index in [0.29, 0.717) is 84.8 Å². The molecular formula is C51H87N5O12. The Bertz CT molecular complexity index is 1650. The number of ketones is 2. The molecule has 388 valence electrons. The molecular weight excluding hydrogens is 875 g/mol. The van der Waals surface area contributed by atoms with Crippen molar-refractivity contribution in [2.45, 2.75) is 138 Å². The standard InChI is InChI=1S/C47H71N5O12.4CH4/c1-61-30-32-63-28-12-25-48-43(56)23-20-41(54)39(34-36-14-6-3-7-15-36)51-46(59)22-19-38(50-45(58)18-10-5-11-27-53)47(60)52-40(35-37-16-8-4-9-17-37)42(55)21-24-44(57)49-26-13-29-64-33-31-62-2;;;;/h3-4,6-9,14-17,38-40,53H,5,10-13,18-35H2,1-2H3,(H,48,56)(H,49,57)(H,50,58)(H,51,59)(H,52,60);4*1H4. The number of unbranched alkanes of at least 4 members (excludes halogenated alkanes) is 2. The van der Waals surface area contributed by atoms with Gasteiger partial charge in [0.2, 0.25) is 29.5 Å². The Morgan fingerprint density at radius 2 is 0.912 bits per heavy atom. The Morgan fingerprint density at radius 3 is 1.37 bits per heavy atom. The fraction of sp³-hybridized carbons (Fsp3) is 0.627. The highest BCUT2D eigenvalue weighted by Gasteiger charge is 2.29. The fourth-order valence-electron chi connectivity index (χ4n) is 6.41. The molecule has 0 spiro atoms. The molecule has 0 aromatic heterocycles. The zero-order valence-corrected chi connectivity index (χ0v) is 37.7. The van der Waals surface area contributed by atoms with Gasteiger partial charge in [-0.3, -0.25) is 33.6 Å². The Labute approximate surface area is 407 Å². The molecule has 3 atom stereocenters. The maximum absolute atomic E-state index is 14.0. The molecule has 2 aromatic rings. The Balaban J connectivity index is -0.0000106. The molecule has 2 aromatic carbocycles. The molecule has 0 radical (unpaired) electrons. The number of hydrogen-bond acceptors (Lipinski definition) is 12. The first-order chi connectivity index (χ1) is 31.1. The lowest BCUT2D eigenvalue weighted by molar-refractivity contribution is -0.133. The third kappa shape index (κ3) is 32.6. The van der Waals surface area contributed by atoms with Crippen LogP contribution in [0, 0.1) is 0 Å². The number of Topliss-reactive ketones (excluding diaryl/α,β-unsaturated/α-hetero) is 2. The summed E-state index contributed by atoms with van der Waals surface area (Å²) in [5.41, 5.74) is 1.55. The van der Waals surface area contributed by atoms with E-state index in [1.165, 1.54) is 0 Å². The van der Waals surface area contributed by atoms with Gasteiger partial charge in [-0.1, -0.05) is 96.8 Å². The summed E-state index contributed by atoms with van der Waals surface area (Å²) in [5, 5.41) is 23.0. The molecule has 0 fully saturated rings. The number of nitrogens with one attached hydrogen (secondary N) is 5. The summed E-state index contributed by atoms with van der Waals surface area (Å²) in [6.07, 6.45) is 2.25. The van der Waals surface area contributed by atoms with Crippen molar-refractivity contribution < 1.29 is 57.6 Å². The Hall–Kier alpha value is -5.07. The quantitative estimate of drug-likeness (QED) is 0.0496. The van der Waals surface area contributed by atoms with Crippen LogP contribution in [-0.2, 0) is 65.4 Å². The molecule has 0 aliphatic heterocycles. The van der Waals surface area contributed by atoms with Crippen molar-refractivity contribution in [3.05, 3.63) is 71.8 Å². The molecule has 0 aliphatic rings. The topological polar surface area (TPSA) is 237 Å². The molecule has 0 saturated carbocycles. The van der Waals surface area contributed by atoms with Crippen molar-refractivity contribution in [2.24, 2.45) is 0 Å². The number of amides is 5. The van der Waals surface area contributed by atoms with Crippen LogP contribution in [0.25, 0.3) is 0 Å². The lowest BCUT2D eigenvalue weighted by atomic mass is 9.98.